The van der Waals surface area contributed by atoms with E-state index in [0.717, 1.165) is 0 Å². The molecule has 90 valence electrons. The average Bonchev–Trinajstić information content (AvgIpc) is 2.88. The molecule has 0 aliphatic heterocycles. The fraction of sp³-hybridized carbons (Fsp3) is 0.375. The molecular formula is C8H12N8O. The van der Waals surface area contributed by atoms with E-state index in [1.165, 1.54) is 4.80 Å². The average molecular weight is 236 g/mol. The number of hydrogen-bond acceptors (Lipinski definition) is 6. The minimum absolute atomic E-state index is 0.144. The lowest BCUT2D eigenvalue weighted by molar-refractivity contribution is 0.102. The number of nitrogens with two attached hydrogens (primary N) is 1. The molecule has 0 aromatic carbocycles. The number of aryl methyl sites for hydroxylation is 1. The predicted molar refractivity (Wildman–Crippen MR) is 58.0 cm³/mol. The fourth-order valence-electron chi connectivity index (χ4n) is 1.25. The lowest BCUT2D eigenvalue weighted by atomic mass is 10.4. The highest BCUT2D eigenvalue weighted by Crippen LogP contribution is 2.00. The first-order valence-corrected chi connectivity index (χ1v) is 4.96. The van der Waals surface area contributed by atoms with Gasteiger partial charge in [-0.1, -0.05) is 5.10 Å². The number of anilines is 1. The zero-order chi connectivity index (χ0) is 12.3. The Bertz CT molecular complexity index is 515. The van der Waals surface area contributed by atoms with Crippen LogP contribution in [-0.2, 0) is 13.6 Å². The molecule has 0 aliphatic rings. The number of aromatic nitrogens is 6. The molecule has 0 saturated heterocycles. The summed E-state index contributed by atoms with van der Waals surface area (Å²) in [7, 11) is 1.61. The number of carbonyl (C=O) groups excluding carboxylic acids is 1. The van der Waals surface area contributed by atoms with Crippen LogP contribution in [-0.4, -0.2) is 42.2 Å². The van der Waals surface area contributed by atoms with Crippen LogP contribution in [0.5, 0.6) is 0 Å². The third kappa shape index (κ3) is 2.64. The van der Waals surface area contributed by atoms with Gasteiger partial charge in [0.25, 0.3) is 11.9 Å². The Labute approximate surface area is 96.6 Å². The summed E-state index contributed by atoms with van der Waals surface area (Å²) in [6, 6.07) is 0. The van der Waals surface area contributed by atoms with Crippen molar-refractivity contribution >= 4 is 11.9 Å². The quantitative estimate of drug-likeness (QED) is 0.675. The van der Waals surface area contributed by atoms with Crippen LogP contribution in [0.3, 0.4) is 0 Å². The monoisotopic (exact) mass is 236 g/mol. The molecular weight excluding hydrogens is 224 g/mol. The van der Waals surface area contributed by atoms with Gasteiger partial charge < -0.3 is 10.3 Å². The standard InChI is InChI=1S/C8H12N8O/c1-15-13-8(12-14-15)11-7(17)6-4-16(3-2-9)5-10-6/h4-5H,2-3,9H2,1H3,(H,11,13,17). The number of imidazole rings is 1. The largest absolute Gasteiger partial charge is 0.335 e. The summed E-state index contributed by atoms with van der Waals surface area (Å²) in [6.07, 6.45) is 3.16. The number of nitrogens with zero attached hydrogens (tertiary/aromatic N) is 6. The molecule has 2 heterocycles. The molecule has 2 aromatic heterocycles. The molecule has 0 aliphatic carbocycles. The third-order valence-electron chi connectivity index (χ3n) is 1.99. The van der Waals surface area contributed by atoms with Crippen LogP contribution >= 0.6 is 0 Å². The second-order valence-electron chi connectivity index (χ2n) is 3.34. The summed E-state index contributed by atoms with van der Waals surface area (Å²) >= 11 is 0. The Hall–Kier alpha value is -2.29. The van der Waals surface area contributed by atoms with E-state index in [1.807, 2.05) is 0 Å². The van der Waals surface area contributed by atoms with Crippen LogP contribution in [0.1, 0.15) is 10.5 Å². The highest BCUT2D eigenvalue weighted by molar-refractivity contribution is 6.01. The summed E-state index contributed by atoms with van der Waals surface area (Å²) in [6.45, 7) is 1.10. The number of nitrogens with one attached hydrogen (secondary N) is 1. The van der Waals surface area contributed by atoms with Gasteiger partial charge in [0.1, 0.15) is 5.69 Å². The van der Waals surface area contributed by atoms with E-state index in [0.29, 0.717) is 13.1 Å². The molecule has 0 spiro atoms. The van der Waals surface area contributed by atoms with Gasteiger partial charge in [0.2, 0.25) is 0 Å². The molecule has 17 heavy (non-hydrogen) atoms. The fourth-order valence-corrected chi connectivity index (χ4v) is 1.25. The highest BCUT2D eigenvalue weighted by Gasteiger charge is 2.11. The highest BCUT2D eigenvalue weighted by atomic mass is 16.2. The molecule has 0 radical (unpaired) electrons. The van der Waals surface area contributed by atoms with Crippen molar-refractivity contribution in [3.05, 3.63) is 18.2 Å². The van der Waals surface area contributed by atoms with Crippen molar-refractivity contribution in [3.63, 3.8) is 0 Å². The first kappa shape index (κ1) is 11.2. The van der Waals surface area contributed by atoms with Crippen molar-refractivity contribution in [2.75, 3.05) is 11.9 Å². The molecule has 0 fully saturated rings. The Balaban J connectivity index is 2.03. The third-order valence-corrected chi connectivity index (χ3v) is 1.99. The van der Waals surface area contributed by atoms with E-state index in [9.17, 15) is 4.79 Å². The lowest BCUT2D eigenvalue weighted by Gasteiger charge is -1.96. The zero-order valence-corrected chi connectivity index (χ0v) is 9.24. The summed E-state index contributed by atoms with van der Waals surface area (Å²) in [5.74, 6) is -0.236. The number of amides is 1. The van der Waals surface area contributed by atoms with Gasteiger partial charge >= 0.3 is 0 Å². The van der Waals surface area contributed by atoms with Gasteiger partial charge in [-0.15, -0.1) is 5.10 Å². The Morgan fingerprint density at radius 3 is 3.06 bits per heavy atom. The summed E-state index contributed by atoms with van der Waals surface area (Å²) in [5.41, 5.74) is 5.68. The molecule has 0 bridgehead atoms. The summed E-state index contributed by atoms with van der Waals surface area (Å²) in [5, 5.41) is 13.5. The van der Waals surface area contributed by atoms with Gasteiger partial charge in [0, 0.05) is 19.3 Å². The minimum Gasteiger partial charge on any atom is -0.335 e. The van der Waals surface area contributed by atoms with Crippen LogP contribution < -0.4 is 11.1 Å². The molecule has 1 amide bonds. The van der Waals surface area contributed by atoms with E-state index in [2.05, 4.69) is 25.7 Å². The topological polar surface area (TPSA) is 117 Å². The van der Waals surface area contributed by atoms with Crippen molar-refractivity contribution in [1.82, 2.24) is 29.8 Å². The zero-order valence-electron chi connectivity index (χ0n) is 9.24. The van der Waals surface area contributed by atoms with Gasteiger partial charge in [-0.3, -0.25) is 10.1 Å². The van der Waals surface area contributed by atoms with Crippen molar-refractivity contribution < 1.29 is 4.79 Å². The van der Waals surface area contributed by atoms with Crippen LogP contribution in [0.4, 0.5) is 5.95 Å². The van der Waals surface area contributed by atoms with E-state index in [-0.39, 0.29) is 17.5 Å². The van der Waals surface area contributed by atoms with E-state index in [4.69, 9.17) is 5.73 Å². The van der Waals surface area contributed by atoms with E-state index < -0.39 is 0 Å². The maximum atomic E-state index is 11.7. The van der Waals surface area contributed by atoms with Crippen LogP contribution in [0.2, 0.25) is 0 Å². The van der Waals surface area contributed by atoms with Gasteiger partial charge in [-0.05, 0) is 5.21 Å². The number of hydrogen-bond donors (Lipinski definition) is 2. The first-order chi connectivity index (χ1) is 8.19. The lowest BCUT2D eigenvalue weighted by Crippen LogP contribution is -2.14. The second-order valence-corrected chi connectivity index (χ2v) is 3.34. The van der Waals surface area contributed by atoms with Gasteiger partial charge in [0.05, 0.1) is 13.4 Å². The number of rotatable bonds is 4. The Kier molecular flexibility index (Phi) is 3.10. The first-order valence-electron chi connectivity index (χ1n) is 4.96. The normalized spacial score (nSPS) is 10.5. The smallest absolute Gasteiger partial charge is 0.278 e. The number of carbonyl (C=O) groups is 1. The molecule has 0 saturated carbocycles. The maximum absolute atomic E-state index is 11.7. The van der Waals surface area contributed by atoms with Crippen molar-refractivity contribution in [2.45, 2.75) is 6.54 Å². The molecule has 2 rings (SSSR count). The van der Waals surface area contributed by atoms with E-state index in [1.54, 1.807) is 24.1 Å². The molecule has 0 unspecified atom stereocenters. The van der Waals surface area contributed by atoms with Gasteiger partial charge in [0.15, 0.2) is 0 Å². The second kappa shape index (κ2) is 4.70. The number of tetrazole rings is 1. The molecule has 9 nitrogen and oxygen atoms in total. The van der Waals surface area contributed by atoms with Gasteiger partial charge in [-0.2, -0.15) is 4.80 Å². The minimum atomic E-state index is -0.381. The van der Waals surface area contributed by atoms with Crippen molar-refractivity contribution in [1.29, 1.82) is 0 Å². The van der Waals surface area contributed by atoms with E-state index >= 15 is 0 Å². The van der Waals surface area contributed by atoms with Crippen LogP contribution in [0.25, 0.3) is 0 Å². The molecule has 3 N–H and O–H groups in total. The SMILES string of the molecule is Cn1nnc(NC(=O)c2cn(CCN)cn2)n1. The van der Waals surface area contributed by atoms with Crippen LogP contribution in [0, 0.1) is 0 Å². The maximum Gasteiger partial charge on any atom is 0.278 e. The Morgan fingerprint density at radius 1 is 1.59 bits per heavy atom. The van der Waals surface area contributed by atoms with Crippen LogP contribution in [0.15, 0.2) is 12.5 Å². The van der Waals surface area contributed by atoms with Crippen molar-refractivity contribution in [2.24, 2.45) is 12.8 Å². The summed E-state index contributed by atoms with van der Waals surface area (Å²) in [4.78, 5) is 16.9. The Morgan fingerprint density at radius 2 is 2.41 bits per heavy atom. The van der Waals surface area contributed by atoms with Gasteiger partial charge in [-0.25, -0.2) is 4.98 Å². The summed E-state index contributed by atoms with van der Waals surface area (Å²) < 4.78 is 1.74. The molecule has 9 heteroatoms. The molecule has 2 aromatic rings. The predicted octanol–water partition coefficient (Wildman–Crippen LogP) is -1.38. The van der Waals surface area contributed by atoms with Crippen molar-refractivity contribution in [3.8, 4) is 0 Å². The molecule has 0 atom stereocenters.